The molecule has 1 aliphatic rings. The normalized spacial score (nSPS) is 19.6. The van der Waals surface area contributed by atoms with Crippen LogP contribution in [0.4, 0.5) is 0 Å². The van der Waals surface area contributed by atoms with E-state index in [1.54, 1.807) is 6.07 Å². The zero-order valence-corrected chi connectivity index (χ0v) is 11.0. The van der Waals surface area contributed by atoms with Gasteiger partial charge in [-0.15, -0.1) is 0 Å². The second-order valence-electron chi connectivity index (χ2n) is 4.61. The first-order valence-corrected chi connectivity index (χ1v) is 6.39. The molecule has 1 amide bonds. The number of ether oxygens (including phenoxy) is 1. The van der Waals surface area contributed by atoms with Crippen molar-refractivity contribution in [2.45, 2.75) is 19.4 Å². The minimum Gasteiger partial charge on any atom is -0.492 e. The molecule has 1 aliphatic heterocycles. The van der Waals surface area contributed by atoms with Crippen LogP contribution in [0.5, 0.6) is 5.75 Å². The topological polar surface area (TPSA) is 64.3 Å². The molecule has 3 N–H and O–H groups in total. The van der Waals surface area contributed by atoms with Gasteiger partial charge >= 0.3 is 0 Å². The lowest BCUT2D eigenvalue weighted by Gasteiger charge is -2.25. The fourth-order valence-corrected chi connectivity index (χ4v) is 2.15. The minimum absolute atomic E-state index is 0.0152. The van der Waals surface area contributed by atoms with Crippen LogP contribution >= 0.6 is 11.6 Å². The smallest absolute Gasteiger partial charge is 0.227 e. The van der Waals surface area contributed by atoms with Crippen LogP contribution in [-0.2, 0) is 11.2 Å². The summed E-state index contributed by atoms with van der Waals surface area (Å²) in [6.45, 7) is 2.71. The molecule has 2 rings (SSSR count). The van der Waals surface area contributed by atoms with E-state index >= 15 is 0 Å². The molecule has 1 aromatic rings. The highest BCUT2D eigenvalue weighted by atomic mass is 35.5. The number of fused-ring (bicyclic) bond motifs is 1. The summed E-state index contributed by atoms with van der Waals surface area (Å²) in [6.07, 6.45) is 0.652. The summed E-state index contributed by atoms with van der Waals surface area (Å²) in [6, 6.07) is 5.46. The average molecular weight is 269 g/mol. The lowest BCUT2D eigenvalue weighted by Crippen LogP contribution is -2.44. The number of hydrogen-bond acceptors (Lipinski definition) is 3. The Hall–Kier alpha value is -1.26. The molecule has 0 radical (unpaired) electrons. The van der Waals surface area contributed by atoms with Gasteiger partial charge in [-0.25, -0.2) is 0 Å². The third-order valence-corrected chi connectivity index (χ3v) is 3.28. The summed E-state index contributed by atoms with van der Waals surface area (Å²) < 4.78 is 5.58. The number of halogens is 1. The highest BCUT2D eigenvalue weighted by Crippen LogP contribution is 2.29. The fraction of sp³-hybridized carbons (Fsp3) is 0.462. The van der Waals surface area contributed by atoms with E-state index in [2.05, 4.69) is 5.32 Å². The van der Waals surface area contributed by atoms with Crippen LogP contribution < -0.4 is 15.8 Å². The summed E-state index contributed by atoms with van der Waals surface area (Å²) in [4.78, 5) is 12.0. The van der Waals surface area contributed by atoms with E-state index in [0.29, 0.717) is 24.6 Å². The lowest BCUT2D eigenvalue weighted by molar-refractivity contribution is -0.126. The molecule has 5 heteroatoms. The molecule has 0 fully saturated rings. The van der Waals surface area contributed by atoms with Crippen molar-refractivity contribution in [2.24, 2.45) is 11.7 Å². The highest BCUT2D eigenvalue weighted by molar-refractivity contribution is 6.30. The van der Waals surface area contributed by atoms with Crippen LogP contribution in [0.15, 0.2) is 18.2 Å². The van der Waals surface area contributed by atoms with Gasteiger partial charge in [0.15, 0.2) is 0 Å². The molecule has 2 atom stereocenters. The first-order chi connectivity index (χ1) is 8.60. The third-order valence-electron chi connectivity index (χ3n) is 3.04. The van der Waals surface area contributed by atoms with Gasteiger partial charge in [0.05, 0.1) is 5.92 Å². The molecule has 0 saturated carbocycles. The molecule has 0 bridgehead atoms. The molecular weight excluding hydrogens is 252 g/mol. The number of nitrogens with one attached hydrogen (secondary N) is 1. The maximum Gasteiger partial charge on any atom is 0.227 e. The number of amides is 1. The summed E-state index contributed by atoms with van der Waals surface area (Å²) in [5, 5.41) is 3.53. The van der Waals surface area contributed by atoms with E-state index in [-0.39, 0.29) is 17.9 Å². The van der Waals surface area contributed by atoms with Gasteiger partial charge in [0.25, 0.3) is 0 Å². The zero-order chi connectivity index (χ0) is 13.1. The first kappa shape index (κ1) is 13.2. The third kappa shape index (κ3) is 2.94. The van der Waals surface area contributed by atoms with E-state index in [0.717, 1.165) is 11.3 Å². The summed E-state index contributed by atoms with van der Waals surface area (Å²) in [5.41, 5.74) is 6.46. The number of carbonyl (C=O) groups is 1. The van der Waals surface area contributed by atoms with E-state index in [1.807, 2.05) is 19.1 Å². The van der Waals surface area contributed by atoms with Gasteiger partial charge < -0.3 is 15.8 Å². The Bertz CT molecular complexity index is 451. The Morgan fingerprint density at radius 1 is 1.67 bits per heavy atom. The van der Waals surface area contributed by atoms with Crippen molar-refractivity contribution < 1.29 is 9.53 Å². The largest absolute Gasteiger partial charge is 0.492 e. The standard InChI is InChI=1S/C13H17ClN2O2/c1-8(6-15)16-13(17)10-4-9-5-11(14)2-3-12(9)18-7-10/h2-3,5,8,10H,4,6-7,15H2,1H3,(H,16,17)/t8-,10?/m0/s1. The van der Waals surface area contributed by atoms with Crippen molar-refractivity contribution in [3.63, 3.8) is 0 Å². The van der Waals surface area contributed by atoms with Gasteiger partial charge in [0, 0.05) is 17.6 Å². The van der Waals surface area contributed by atoms with Gasteiger partial charge in [-0.3, -0.25) is 4.79 Å². The second-order valence-corrected chi connectivity index (χ2v) is 5.05. The molecule has 0 aromatic heterocycles. The molecule has 1 heterocycles. The van der Waals surface area contributed by atoms with Crippen molar-refractivity contribution >= 4 is 17.5 Å². The Morgan fingerprint density at radius 2 is 2.44 bits per heavy atom. The predicted molar refractivity (Wildman–Crippen MR) is 70.8 cm³/mol. The Kier molecular flexibility index (Phi) is 4.09. The molecular formula is C13H17ClN2O2. The van der Waals surface area contributed by atoms with E-state index in [1.165, 1.54) is 0 Å². The molecule has 18 heavy (non-hydrogen) atoms. The molecule has 0 aliphatic carbocycles. The Morgan fingerprint density at radius 3 is 3.17 bits per heavy atom. The van der Waals surface area contributed by atoms with Gasteiger partial charge in [-0.1, -0.05) is 11.6 Å². The van der Waals surface area contributed by atoms with Crippen molar-refractivity contribution in [1.29, 1.82) is 0 Å². The summed E-state index contributed by atoms with van der Waals surface area (Å²) in [7, 11) is 0. The van der Waals surface area contributed by atoms with Crippen LogP contribution in [0.3, 0.4) is 0 Å². The van der Waals surface area contributed by atoms with Crippen LogP contribution in [0.25, 0.3) is 0 Å². The highest BCUT2D eigenvalue weighted by Gasteiger charge is 2.26. The second kappa shape index (κ2) is 5.59. The fourth-order valence-electron chi connectivity index (χ4n) is 1.95. The molecule has 0 saturated heterocycles. The average Bonchev–Trinajstić information content (AvgIpc) is 2.37. The van der Waals surface area contributed by atoms with Crippen LogP contribution in [0, 0.1) is 5.92 Å². The molecule has 98 valence electrons. The van der Waals surface area contributed by atoms with Crippen molar-refractivity contribution in [3.8, 4) is 5.75 Å². The van der Waals surface area contributed by atoms with Crippen molar-refractivity contribution in [2.75, 3.05) is 13.2 Å². The molecule has 4 nitrogen and oxygen atoms in total. The van der Waals surface area contributed by atoms with E-state index in [4.69, 9.17) is 22.1 Å². The van der Waals surface area contributed by atoms with Gasteiger partial charge in [0.2, 0.25) is 5.91 Å². The van der Waals surface area contributed by atoms with E-state index in [9.17, 15) is 4.79 Å². The molecule has 1 unspecified atom stereocenters. The maximum absolute atomic E-state index is 12.0. The summed E-state index contributed by atoms with van der Waals surface area (Å²) in [5.74, 6) is 0.624. The number of nitrogens with two attached hydrogens (primary N) is 1. The van der Waals surface area contributed by atoms with Gasteiger partial charge in [0.1, 0.15) is 12.4 Å². The van der Waals surface area contributed by atoms with Gasteiger partial charge in [-0.05, 0) is 37.1 Å². The van der Waals surface area contributed by atoms with Crippen LogP contribution in [0.2, 0.25) is 5.02 Å². The molecule has 0 spiro atoms. The number of carbonyl (C=O) groups excluding carboxylic acids is 1. The summed E-state index contributed by atoms with van der Waals surface area (Å²) >= 11 is 5.94. The lowest BCUT2D eigenvalue weighted by atomic mass is 9.96. The van der Waals surface area contributed by atoms with Crippen molar-refractivity contribution in [3.05, 3.63) is 28.8 Å². The number of benzene rings is 1. The minimum atomic E-state index is -0.176. The van der Waals surface area contributed by atoms with Crippen LogP contribution in [-0.4, -0.2) is 25.1 Å². The SMILES string of the molecule is C[C@@H](CN)NC(=O)C1COc2ccc(Cl)cc2C1. The van der Waals surface area contributed by atoms with Gasteiger partial charge in [-0.2, -0.15) is 0 Å². The first-order valence-electron chi connectivity index (χ1n) is 6.02. The Balaban J connectivity index is 2.05. The maximum atomic E-state index is 12.0. The zero-order valence-electron chi connectivity index (χ0n) is 10.3. The molecule has 1 aromatic carbocycles. The number of rotatable bonds is 3. The van der Waals surface area contributed by atoms with E-state index < -0.39 is 0 Å². The predicted octanol–water partition coefficient (Wildman–Crippen LogP) is 1.35. The van der Waals surface area contributed by atoms with Crippen molar-refractivity contribution in [1.82, 2.24) is 5.32 Å². The Labute approximate surface area is 111 Å². The monoisotopic (exact) mass is 268 g/mol. The quantitative estimate of drug-likeness (QED) is 0.870. The van der Waals surface area contributed by atoms with Crippen LogP contribution in [0.1, 0.15) is 12.5 Å². The number of hydrogen-bond donors (Lipinski definition) is 2.